The molecular weight excluding hydrogens is 280 g/mol. The lowest BCUT2D eigenvalue weighted by molar-refractivity contribution is -0.116. The quantitative estimate of drug-likeness (QED) is 0.624. The fourth-order valence-electron chi connectivity index (χ4n) is 1.73. The van der Waals surface area contributed by atoms with Crippen molar-refractivity contribution in [2.45, 2.75) is 19.8 Å². The Morgan fingerprint density at radius 3 is 2.55 bits per heavy atom. The van der Waals surface area contributed by atoms with Gasteiger partial charge in [0.15, 0.2) is 0 Å². The predicted octanol–water partition coefficient (Wildman–Crippen LogP) is 2.14. The molecule has 0 fully saturated rings. The van der Waals surface area contributed by atoms with E-state index >= 15 is 0 Å². The number of hydrogen-bond donors (Lipinski definition) is 2. The molecule has 0 atom stereocenters. The molecule has 2 N–H and O–H groups in total. The van der Waals surface area contributed by atoms with Crippen LogP contribution < -0.4 is 10.6 Å². The van der Waals surface area contributed by atoms with Gasteiger partial charge in [0.2, 0.25) is 5.91 Å². The highest BCUT2D eigenvalue weighted by Crippen LogP contribution is 2.16. The molecule has 0 unspecified atom stereocenters. The summed E-state index contributed by atoms with van der Waals surface area (Å²) in [5.74, 6) is -0.398. The number of carbonyl (C=O) groups excluding carboxylic acids is 2. The molecule has 20 heavy (non-hydrogen) atoms. The van der Waals surface area contributed by atoms with E-state index in [2.05, 4.69) is 15.4 Å². The Hall–Kier alpha value is -1.59. The third-order valence-electron chi connectivity index (χ3n) is 2.75. The standard InChI is InChI=1S/C14H20N2O3.ClH/c1-10-9-11(6-7-12(10)14(18)19-3)16-13(17)5-4-8-15-2;/h6-7,9,15H,4-5,8H2,1-3H3,(H,16,17);1H. The lowest BCUT2D eigenvalue weighted by atomic mass is 10.1. The smallest absolute Gasteiger partial charge is 0.338 e. The van der Waals surface area contributed by atoms with Crippen LogP contribution in [0.5, 0.6) is 0 Å². The fourth-order valence-corrected chi connectivity index (χ4v) is 1.73. The van der Waals surface area contributed by atoms with Crippen molar-refractivity contribution in [3.8, 4) is 0 Å². The van der Waals surface area contributed by atoms with Crippen LogP contribution in [0.3, 0.4) is 0 Å². The average Bonchev–Trinajstić information content (AvgIpc) is 2.38. The van der Waals surface area contributed by atoms with Gasteiger partial charge in [-0.15, -0.1) is 12.4 Å². The third kappa shape index (κ3) is 5.59. The normalized spacial score (nSPS) is 9.55. The Labute approximate surface area is 125 Å². The topological polar surface area (TPSA) is 67.4 Å². The Morgan fingerprint density at radius 2 is 2.00 bits per heavy atom. The van der Waals surface area contributed by atoms with Gasteiger partial charge in [-0.05, 0) is 50.7 Å². The van der Waals surface area contributed by atoms with E-state index in [0.29, 0.717) is 17.7 Å². The number of methoxy groups -OCH3 is 1. The molecule has 6 heteroatoms. The molecule has 0 bridgehead atoms. The summed E-state index contributed by atoms with van der Waals surface area (Å²) in [5.41, 5.74) is 1.98. The molecule has 0 saturated carbocycles. The fraction of sp³-hybridized carbons (Fsp3) is 0.429. The third-order valence-corrected chi connectivity index (χ3v) is 2.75. The highest BCUT2D eigenvalue weighted by atomic mass is 35.5. The van der Waals surface area contributed by atoms with E-state index < -0.39 is 0 Å². The summed E-state index contributed by atoms with van der Waals surface area (Å²) in [6.07, 6.45) is 1.26. The maximum atomic E-state index is 11.6. The molecule has 0 aliphatic carbocycles. The number of amides is 1. The van der Waals surface area contributed by atoms with Gasteiger partial charge in [0.25, 0.3) is 0 Å². The number of carbonyl (C=O) groups is 2. The van der Waals surface area contributed by atoms with Gasteiger partial charge in [0.05, 0.1) is 12.7 Å². The number of ether oxygens (including phenoxy) is 1. The molecule has 0 radical (unpaired) electrons. The van der Waals surface area contributed by atoms with Crippen LogP contribution in [0.2, 0.25) is 0 Å². The monoisotopic (exact) mass is 300 g/mol. The molecule has 0 aliphatic heterocycles. The highest BCUT2D eigenvalue weighted by molar-refractivity contribution is 5.94. The van der Waals surface area contributed by atoms with Gasteiger partial charge in [-0.25, -0.2) is 4.79 Å². The number of esters is 1. The molecule has 0 spiro atoms. The van der Waals surface area contributed by atoms with Crippen LogP contribution in [0, 0.1) is 6.92 Å². The highest BCUT2D eigenvalue weighted by Gasteiger charge is 2.10. The van der Waals surface area contributed by atoms with E-state index in [9.17, 15) is 9.59 Å². The summed E-state index contributed by atoms with van der Waals surface area (Å²) >= 11 is 0. The minimum Gasteiger partial charge on any atom is -0.465 e. The van der Waals surface area contributed by atoms with E-state index in [0.717, 1.165) is 18.5 Å². The zero-order chi connectivity index (χ0) is 14.3. The van der Waals surface area contributed by atoms with Crippen molar-refractivity contribution in [3.63, 3.8) is 0 Å². The first-order valence-electron chi connectivity index (χ1n) is 6.22. The van der Waals surface area contributed by atoms with Gasteiger partial charge in [-0.1, -0.05) is 0 Å². The van der Waals surface area contributed by atoms with Crippen molar-refractivity contribution in [2.24, 2.45) is 0 Å². The minimum atomic E-state index is -0.371. The van der Waals surface area contributed by atoms with Gasteiger partial charge < -0.3 is 15.4 Å². The Kier molecular flexibility index (Phi) is 8.59. The second kappa shape index (κ2) is 9.34. The van der Waals surface area contributed by atoms with Crippen molar-refractivity contribution >= 4 is 30.0 Å². The number of benzene rings is 1. The Morgan fingerprint density at radius 1 is 1.30 bits per heavy atom. The summed E-state index contributed by atoms with van der Waals surface area (Å²) < 4.78 is 4.67. The van der Waals surface area contributed by atoms with Gasteiger partial charge in [0, 0.05) is 12.1 Å². The Balaban J connectivity index is 0.00000361. The maximum absolute atomic E-state index is 11.6. The summed E-state index contributed by atoms with van der Waals surface area (Å²) in [6, 6.07) is 5.13. The summed E-state index contributed by atoms with van der Waals surface area (Å²) in [5, 5.41) is 5.80. The number of aryl methyl sites for hydroxylation is 1. The van der Waals surface area contributed by atoms with Crippen molar-refractivity contribution in [1.82, 2.24) is 5.32 Å². The molecule has 0 aliphatic rings. The zero-order valence-corrected chi connectivity index (χ0v) is 12.8. The van der Waals surface area contributed by atoms with Crippen molar-refractivity contribution < 1.29 is 14.3 Å². The number of halogens is 1. The van der Waals surface area contributed by atoms with E-state index in [4.69, 9.17) is 0 Å². The number of nitrogens with one attached hydrogen (secondary N) is 2. The van der Waals surface area contributed by atoms with Crippen LogP contribution in [0.4, 0.5) is 5.69 Å². The SMILES string of the molecule is CNCCCC(=O)Nc1ccc(C(=O)OC)c(C)c1.Cl. The van der Waals surface area contributed by atoms with Crippen LogP contribution >= 0.6 is 12.4 Å². The Bertz CT molecular complexity index is 464. The van der Waals surface area contributed by atoms with Crippen LogP contribution in [0.1, 0.15) is 28.8 Å². The van der Waals surface area contributed by atoms with E-state index in [1.54, 1.807) is 18.2 Å². The summed E-state index contributed by atoms with van der Waals surface area (Å²) in [4.78, 5) is 23.1. The molecule has 0 heterocycles. The van der Waals surface area contributed by atoms with Crippen molar-refractivity contribution in [2.75, 3.05) is 26.0 Å². The first-order valence-corrected chi connectivity index (χ1v) is 6.22. The molecule has 1 aromatic rings. The maximum Gasteiger partial charge on any atom is 0.338 e. The molecule has 1 amide bonds. The molecule has 5 nitrogen and oxygen atoms in total. The number of hydrogen-bond acceptors (Lipinski definition) is 4. The van der Waals surface area contributed by atoms with E-state index in [1.165, 1.54) is 7.11 Å². The molecule has 0 aromatic heterocycles. The van der Waals surface area contributed by atoms with Crippen molar-refractivity contribution in [3.05, 3.63) is 29.3 Å². The predicted molar refractivity (Wildman–Crippen MR) is 81.6 cm³/mol. The average molecular weight is 301 g/mol. The first-order chi connectivity index (χ1) is 9.08. The van der Waals surface area contributed by atoms with Crippen LogP contribution in [0.25, 0.3) is 0 Å². The number of rotatable bonds is 6. The van der Waals surface area contributed by atoms with E-state index in [1.807, 2.05) is 14.0 Å². The first kappa shape index (κ1) is 18.4. The molecule has 112 valence electrons. The second-order valence-corrected chi connectivity index (χ2v) is 4.28. The van der Waals surface area contributed by atoms with Crippen LogP contribution in [-0.2, 0) is 9.53 Å². The zero-order valence-electron chi connectivity index (χ0n) is 12.0. The number of anilines is 1. The lowest BCUT2D eigenvalue weighted by Gasteiger charge is -2.08. The summed E-state index contributed by atoms with van der Waals surface area (Å²) in [7, 11) is 3.20. The summed E-state index contributed by atoms with van der Waals surface area (Å²) in [6.45, 7) is 2.62. The molecular formula is C14H21ClN2O3. The van der Waals surface area contributed by atoms with Crippen LogP contribution in [-0.4, -0.2) is 32.6 Å². The molecule has 1 aromatic carbocycles. The van der Waals surface area contributed by atoms with Gasteiger partial charge in [-0.2, -0.15) is 0 Å². The van der Waals surface area contributed by atoms with Gasteiger partial charge in [0.1, 0.15) is 0 Å². The van der Waals surface area contributed by atoms with Gasteiger partial charge >= 0.3 is 5.97 Å². The second-order valence-electron chi connectivity index (χ2n) is 4.28. The minimum absolute atomic E-state index is 0. The lowest BCUT2D eigenvalue weighted by Crippen LogP contribution is -2.15. The van der Waals surface area contributed by atoms with Crippen LogP contribution in [0.15, 0.2) is 18.2 Å². The molecule has 1 rings (SSSR count). The largest absolute Gasteiger partial charge is 0.465 e. The van der Waals surface area contributed by atoms with Crippen molar-refractivity contribution in [1.29, 1.82) is 0 Å². The van der Waals surface area contributed by atoms with Gasteiger partial charge in [-0.3, -0.25) is 4.79 Å². The molecule has 0 saturated heterocycles. The van der Waals surface area contributed by atoms with E-state index in [-0.39, 0.29) is 24.3 Å².